The molecule has 1 unspecified atom stereocenters. The van der Waals surface area contributed by atoms with E-state index in [1.165, 1.54) is 24.8 Å². The summed E-state index contributed by atoms with van der Waals surface area (Å²) < 4.78 is 0. The Morgan fingerprint density at radius 1 is 1.50 bits per heavy atom. The predicted molar refractivity (Wildman–Crippen MR) is 48.5 cm³/mol. The van der Waals surface area contributed by atoms with Gasteiger partial charge in [-0.2, -0.15) is 0 Å². The second-order valence-corrected chi connectivity index (χ2v) is 3.50. The van der Waals surface area contributed by atoms with Crippen LogP contribution in [0.3, 0.4) is 0 Å². The third kappa shape index (κ3) is 1.34. The highest BCUT2D eigenvalue weighted by Gasteiger charge is 2.25. The highest BCUT2D eigenvalue weighted by Crippen LogP contribution is 2.35. The lowest BCUT2D eigenvalue weighted by Gasteiger charge is -2.31. The molecule has 0 aliphatic heterocycles. The number of nitrogens with two attached hydrogens (primary N) is 1. The van der Waals surface area contributed by atoms with Crippen molar-refractivity contribution < 1.29 is 0 Å². The quantitative estimate of drug-likeness (QED) is 0.721. The van der Waals surface area contributed by atoms with E-state index in [-0.39, 0.29) is 6.04 Å². The van der Waals surface area contributed by atoms with Gasteiger partial charge >= 0.3 is 0 Å². The Hall–Kier alpha value is -0.890. The van der Waals surface area contributed by atoms with Crippen LogP contribution in [0.15, 0.2) is 24.5 Å². The summed E-state index contributed by atoms with van der Waals surface area (Å²) in [5.74, 6) is 0.703. The molecule has 1 atom stereocenters. The van der Waals surface area contributed by atoms with Gasteiger partial charge in [0.15, 0.2) is 0 Å². The van der Waals surface area contributed by atoms with Crippen LogP contribution < -0.4 is 5.73 Å². The van der Waals surface area contributed by atoms with E-state index in [9.17, 15) is 0 Å². The average Bonchev–Trinajstić information content (AvgIpc) is 2.03. The molecule has 0 radical (unpaired) electrons. The number of pyridine rings is 1. The maximum atomic E-state index is 6.06. The normalized spacial score (nSPS) is 20.1. The zero-order chi connectivity index (χ0) is 8.39. The van der Waals surface area contributed by atoms with Crippen molar-refractivity contribution in [2.45, 2.75) is 25.3 Å². The molecule has 1 aromatic rings. The molecule has 64 valence electrons. The van der Waals surface area contributed by atoms with Gasteiger partial charge in [-0.1, -0.05) is 12.5 Å². The zero-order valence-electron chi connectivity index (χ0n) is 7.11. The first-order valence-corrected chi connectivity index (χ1v) is 4.53. The Balaban J connectivity index is 2.08. The minimum absolute atomic E-state index is 0.215. The molecule has 2 heteroatoms. The van der Waals surface area contributed by atoms with Gasteiger partial charge in [-0.05, 0) is 30.4 Å². The van der Waals surface area contributed by atoms with Gasteiger partial charge in [0, 0.05) is 18.4 Å². The smallest absolute Gasteiger partial charge is 0.0338 e. The summed E-state index contributed by atoms with van der Waals surface area (Å²) >= 11 is 0. The molecule has 1 fully saturated rings. The molecule has 12 heavy (non-hydrogen) atoms. The minimum Gasteiger partial charge on any atom is -0.324 e. The van der Waals surface area contributed by atoms with Crippen LogP contribution in [0.4, 0.5) is 0 Å². The van der Waals surface area contributed by atoms with Crippen LogP contribution >= 0.6 is 0 Å². The SMILES string of the molecule is NC(c1cccnc1)C1CCC1. The van der Waals surface area contributed by atoms with Gasteiger partial charge in [-0.15, -0.1) is 0 Å². The fraction of sp³-hybridized carbons (Fsp3) is 0.500. The molecule has 2 N–H and O–H groups in total. The van der Waals surface area contributed by atoms with Crippen LogP contribution in [0.5, 0.6) is 0 Å². The molecule has 0 saturated heterocycles. The van der Waals surface area contributed by atoms with Crippen molar-refractivity contribution in [2.75, 3.05) is 0 Å². The van der Waals surface area contributed by atoms with Crippen molar-refractivity contribution in [3.05, 3.63) is 30.1 Å². The van der Waals surface area contributed by atoms with Crippen LogP contribution in [-0.4, -0.2) is 4.98 Å². The number of hydrogen-bond donors (Lipinski definition) is 1. The molecule has 0 aromatic carbocycles. The Morgan fingerprint density at radius 2 is 2.33 bits per heavy atom. The first kappa shape index (κ1) is 7.74. The molecule has 1 saturated carbocycles. The molecule has 0 spiro atoms. The van der Waals surface area contributed by atoms with E-state index in [0.29, 0.717) is 5.92 Å². The standard InChI is InChI=1S/C10H14N2/c11-10(8-3-1-4-8)9-5-2-6-12-7-9/h2,5-8,10H,1,3-4,11H2. The molecular weight excluding hydrogens is 148 g/mol. The van der Waals surface area contributed by atoms with Crippen LogP contribution in [0, 0.1) is 5.92 Å². The number of hydrogen-bond acceptors (Lipinski definition) is 2. The summed E-state index contributed by atoms with van der Waals surface area (Å²) in [6.45, 7) is 0. The average molecular weight is 162 g/mol. The second-order valence-electron chi connectivity index (χ2n) is 3.50. The lowest BCUT2D eigenvalue weighted by Crippen LogP contribution is -2.26. The highest BCUT2D eigenvalue weighted by atomic mass is 14.7. The van der Waals surface area contributed by atoms with Gasteiger partial charge in [0.25, 0.3) is 0 Å². The molecule has 2 rings (SSSR count). The molecular formula is C10H14N2. The molecule has 1 aliphatic carbocycles. The van der Waals surface area contributed by atoms with Gasteiger partial charge in [0.1, 0.15) is 0 Å². The summed E-state index contributed by atoms with van der Waals surface area (Å²) in [5, 5.41) is 0. The highest BCUT2D eigenvalue weighted by molar-refractivity contribution is 5.14. The van der Waals surface area contributed by atoms with E-state index in [0.717, 1.165) is 0 Å². The largest absolute Gasteiger partial charge is 0.324 e. The first-order chi connectivity index (χ1) is 5.88. The Kier molecular flexibility index (Phi) is 2.09. The summed E-state index contributed by atoms with van der Waals surface area (Å²) in [6.07, 6.45) is 7.59. The van der Waals surface area contributed by atoms with Gasteiger partial charge < -0.3 is 5.73 Å². The monoisotopic (exact) mass is 162 g/mol. The van der Waals surface area contributed by atoms with Crippen molar-refractivity contribution in [3.8, 4) is 0 Å². The Labute approximate surface area is 72.8 Å². The van der Waals surface area contributed by atoms with Crippen molar-refractivity contribution in [2.24, 2.45) is 11.7 Å². The van der Waals surface area contributed by atoms with E-state index in [4.69, 9.17) is 5.73 Å². The number of rotatable bonds is 2. The molecule has 0 amide bonds. The molecule has 1 heterocycles. The van der Waals surface area contributed by atoms with E-state index in [1.54, 1.807) is 6.20 Å². The third-order valence-electron chi connectivity index (χ3n) is 2.73. The second kappa shape index (κ2) is 3.23. The van der Waals surface area contributed by atoms with Gasteiger partial charge in [0.2, 0.25) is 0 Å². The van der Waals surface area contributed by atoms with Crippen LogP contribution in [0.25, 0.3) is 0 Å². The Morgan fingerprint density at radius 3 is 2.83 bits per heavy atom. The van der Waals surface area contributed by atoms with Crippen LogP contribution in [0.2, 0.25) is 0 Å². The summed E-state index contributed by atoms with van der Waals surface area (Å²) in [6, 6.07) is 4.23. The number of nitrogens with zero attached hydrogens (tertiary/aromatic N) is 1. The van der Waals surface area contributed by atoms with Crippen molar-refractivity contribution in [1.82, 2.24) is 4.98 Å². The van der Waals surface area contributed by atoms with Crippen molar-refractivity contribution in [3.63, 3.8) is 0 Å². The maximum Gasteiger partial charge on any atom is 0.0338 e. The van der Waals surface area contributed by atoms with E-state index in [1.807, 2.05) is 12.3 Å². The lowest BCUT2D eigenvalue weighted by molar-refractivity contribution is 0.264. The lowest BCUT2D eigenvalue weighted by atomic mass is 9.78. The van der Waals surface area contributed by atoms with Crippen molar-refractivity contribution in [1.29, 1.82) is 0 Å². The summed E-state index contributed by atoms with van der Waals surface area (Å²) in [4.78, 5) is 4.07. The molecule has 1 aromatic heterocycles. The molecule has 1 aliphatic rings. The van der Waals surface area contributed by atoms with Gasteiger partial charge in [-0.25, -0.2) is 0 Å². The third-order valence-corrected chi connectivity index (χ3v) is 2.73. The van der Waals surface area contributed by atoms with Gasteiger partial charge in [0.05, 0.1) is 0 Å². The molecule has 2 nitrogen and oxygen atoms in total. The van der Waals surface area contributed by atoms with Crippen molar-refractivity contribution >= 4 is 0 Å². The molecule has 0 bridgehead atoms. The van der Waals surface area contributed by atoms with Gasteiger partial charge in [-0.3, -0.25) is 4.98 Å². The Bertz CT molecular complexity index is 241. The summed E-state index contributed by atoms with van der Waals surface area (Å²) in [5.41, 5.74) is 7.24. The van der Waals surface area contributed by atoms with E-state index >= 15 is 0 Å². The fourth-order valence-corrected chi connectivity index (χ4v) is 1.64. The van der Waals surface area contributed by atoms with Crippen LogP contribution in [-0.2, 0) is 0 Å². The zero-order valence-corrected chi connectivity index (χ0v) is 7.11. The van der Waals surface area contributed by atoms with E-state index in [2.05, 4.69) is 11.1 Å². The minimum atomic E-state index is 0.215. The van der Waals surface area contributed by atoms with Crippen LogP contribution in [0.1, 0.15) is 30.9 Å². The number of aromatic nitrogens is 1. The van der Waals surface area contributed by atoms with E-state index < -0.39 is 0 Å². The first-order valence-electron chi connectivity index (χ1n) is 4.53. The predicted octanol–water partition coefficient (Wildman–Crippen LogP) is 1.88. The maximum absolute atomic E-state index is 6.06. The summed E-state index contributed by atoms with van der Waals surface area (Å²) in [7, 11) is 0. The topological polar surface area (TPSA) is 38.9 Å². The fourth-order valence-electron chi connectivity index (χ4n) is 1.64.